The van der Waals surface area contributed by atoms with Crippen LogP contribution in [0.4, 0.5) is 5.69 Å². The van der Waals surface area contributed by atoms with Crippen LogP contribution in [0.1, 0.15) is 0 Å². The zero-order valence-electron chi connectivity index (χ0n) is 13.4. The standard InChI is InChI=1S/C17H18ClNO4S/c1-4-11-19(15-7-5-6-8-17(15)23-3)24(20,21)13-9-10-16(22-2)14(18)12-13/h4-10,12H,1,11H2,2-3H3. The molecule has 0 aliphatic carbocycles. The summed E-state index contributed by atoms with van der Waals surface area (Å²) in [6, 6.07) is 11.2. The number of benzene rings is 2. The van der Waals surface area contributed by atoms with Gasteiger partial charge in [0.25, 0.3) is 10.0 Å². The van der Waals surface area contributed by atoms with Crippen molar-refractivity contribution in [2.75, 3.05) is 25.1 Å². The van der Waals surface area contributed by atoms with E-state index in [0.29, 0.717) is 17.2 Å². The van der Waals surface area contributed by atoms with Gasteiger partial charge in [0.1, 0.15) is 11.5 Å². The predicted molar refractivity (Wildman–Crippen MR) is 95.7 cm³/mol. The fourth-order valence-electron chi connectivity index (χ4n) is 2.21. The molecule has 24 heavy (non-hydrogen) atoms. The summed E-state index contributed by atoms with van der Waals surface area (Å²) in [6.07, 6.45) is 1.51. The largest absolute Gasteiger partial charge is 0.495 e. The van der Waals surface area contributed by atoms with Crippen molar-refractivity contribution in [1.29, 1.82) is 0 Å². The number of halogens is 1. The van der Waals surface area contributed by atoms with Crippen molar-refractivity contribution in [3.8, 4) is 11.5 Å². The molecule has 0 saturated heterocycles. The van der Waals surface area contributed by atoms with Crippen molar-refractivity contribution in [3.63, 3.8) is 0 Å². The summed E-state index contributed by atoms with van der Waals surface area (Å²) >= 11 is 6.07. The topological polar surface area (TPSA) is 55.8 Å². The molecule has 2 rings (SSSR count). The number of sulfonamides is 1. The van der Waals surface area contributed by atoms with Gasteiger partial charge in [-0.3, -0.25) is 4.31 Å². The smallest absolute Gasteiger partial charge is 0.264 e. The lowest BCUT2D eigenvalue weighted by Crippen LogP contribution is -2.31. The van der Waals surface area contributed by atoms with Crippen LogP contribution >= 0.6 is 11.6 Å². The highest BCUT2D eigenvalue weighted by Gasteiger charge is 2.27. The van der Waals surface area contributed by atoms with E-state index in [1.54, 1.807) is 24.3 Å². The summed E-state index contributed by atoms with van der Waals surface area (Å²) < 4.78 is 37.7. The van der Waals surface area contributed by atoms with Gasteiger partial charge >= 0.3 is 0 Å². The van der Waals surface area contributed by atoms with Crippen LogP contribution in [-0.2, 0) is 10.0 Å². The van der Waals surface area contributed by atoms with E-state index in [-0.39, 0.29) is 16.5 Å². The minimum atomic E-state index is -3.85. The highest BCUT2D eigenvalue weighted by Crippen LogP contribution is 2.34. The van der Waals surface area contributed by atoms with Crippen LogP contribution in [0.2, 0.25) is 5.02 Å². The summed E-state index contributed by atoms with van der Waals surface area (Å²) in [5.41, 5.74) is 0.423. The van der Waals surface area contributed by atoms with E-state index in [2.05, 4.69) is 6.58 Å². The average Bonchev–Trinajstić information content (AvgIpc) is 2.59. The van der Waals surface area contributed by atoms with E-state index in [1.165, 1.54) is 42.8 Å². The molecule has 0 aliphatic heterocycles. The number of methoxy groups -OCH3 is 2. The van der Waals surface area contributed by atoms with Crippen LogP contribution in [0.3, 0.4) is 0 Å². The molecule has 2 aromatic rings. The molecule has 0 amide bonds. The average molecular weight is 368 g/mol. The maximum absolute atomic E-state index is 13.1. The van der Waals surface area contributed by atoms with Gasteiger partial charge < -0.3 is 9.47 Å². The van der Waals surface area contributed by atoms with Gasteiger partial charge in [-0.1, -0.05) is 29.8 Å². The Morgan fingerprint density at radius 1 is 1.12 bits per heavy atom. The van der Waals surface area contributed by atoms with Crippen LogP contribution in [0.15, 0.2) is 60.0 Å². The maximum Gasteiger partial charge on any atom is 0.264 e. The van der Waals surface area contributed by atoms with Crippen LogP contribution in [-0.4, -0.2) is 29.2 Å². The minimum Gasteiger partial charge on any atom is -0.495 e. The van der Waals surface area contributed by atoms with E-state index >= 15 is 0 Å². The SMILES string of the molecule is C=CCN(c1ccccc1OC)S(=O)(=O)c1ccc(OC)c(Cl)c1. The molecule has 0 fully saturated rings. The summed E-state index contributed by atoms with van der Waals surface area (Å²) in [4.78, 5) is 0.0565. The van der Waals surface area contributed by atoms with Crippen LogP contribution in [0, 0.1) is 0 Å². The highest BCUT2D eigenvalue weighted by molar-refractivity contribution is 7.92. The zero-order valence-corrected chi connectivity index (χ0v) is 15.0. The molecule has 0 bridgehead atoms. The van der Waals surface area contributed by atoms with Crippen molar-refractivity contribution in [3.05, 3.63) is 60.1 Å². The molecule has 0 aliphatic rings. The second-order valence-corrected chi connectivity index (χ2v) is 7.06. The quantitative estimate of drug-likeness (QED) is 0.699. The molecule has 0 radical (unpaired) electrons. The van der Waals surface area contributed by atoms with E-state index in [9.17, 15) is 8.42 Å². The van der Waals surface area contributed by atoms with E-state index < -0.39 is 10.0 Å². The Morgan fingerprint density at radius 3 is 2.38 bits per heavy atom. The van der Waals surface area contributed by atoms with E-state index in [4.69, 9.17) is 21.1 Å². The Hall–Kier alpha value is -2.18. The number of hydrogen-bond donors (Lipinski definition) is 0. The molecule has 0 heterocycles. The Labute approximate surface area is 147 Å². The molecular formula is C17H18ClNO4S. The van der Waals surface area contributed by atoms with Crippen molar-refractivity contribution in [2.24, 2.45) is 0 Å². The van der Waals surface area contributed by atoms with Gasteiger partial charge in [0.15, 0.2) is 0 Å². The number of para-hydroxylation sites is 2. The lowest BCUT2D eigenvalue weighted by molar-refractivity contribution is 0.414. The highest BCUT2D eigenvalue weighted by atomic mass is 35.5. The Bertz CT molecular complexity index is 836. The van der Waals surface area contributed by atoms with Crippen LogP contribution < -0.4 is 13.8 Å². The molecule has 7 heteroatoms. The molecule has 0 spiro atoms. The van der Waals surface area contributed by atoms with Gasteiger partial charge in [-0.2, -0.15) is 0 Å². The van der Waals surface area contributed by atoms with E-state index in [1.807, 2.05) is 0 Å². The Morgan fingerprint density at radius 2 is 1.79 bits per heavy atom. The minimum absolute atomic E-state index is 0.0565. The summed E-state index contributed by atoms with van der Waals surface area (Å²) in [5.74, 6) is 0.853. The molecular weight excluding hydrogens is 350 g/mol. The molecule has 0 unspecified atom stereocenters. The lowest BCUT2D eigenvalue weighted by atomic mass is 10.3. The maximum atomic E-state index is 13.1. The number of hydrogen-bond acceptors (Lipinski definition) is 4. The molecule has 0 N–H and O–H groups in total. The predicted octanol–water partition coefficient (Wildman–Crippen LogP) is 3.74. The normalized spacial score (nSPS) is 11.0. The third kappa shape index (κ3) is 3.49. The van der Waals surface area contributed by atoms with Crippen LogP contribution in [0.25, 0.3) is 0 Å². The third-order valence-corrected chi connectivity index (χ3v) is 5.43. The fourth-order valence-corrected chi connectivity index (χ4v) is 4.01. The number of anilines is 1. The summed E-state index contributed by atoms with van der Waals surface area (Å²) in [5, 5.41) is 0.220. The van der Waals surface area contributed by atoms with Crippen molar-refractivity contribution >= 4 is 27.3 Å². The molecule has 128 valence electrons. The van der Waals surface area contributed by atoms with Crippen molar-refractivity contribution in [2.45, 2.75) is 4.90 Å². The van der Waals surface area contributed by atoms with E-state index in [0.717, 1.165) is 0 Å². The Balaban J connectivity index is 2.57. The second-order valence-electron chi connectivity index (χ2n) is 4.79. The lowest BCUT2D eigenvalue weighted by Gasteiger charge is -2.25. The van der Waals surface area contributed by atoms with Gasteiger partial charge in [-0.15, -0.1) is 6.58 Å². The van der Waals surface area contributed by atoms with Gasteiger partial charge in [-0.25, -0.2) is 8.42 Å². The van der Waals surface area contributed by atoms with Gasteiger partial charge in [-0.05, 0) is 30.3 Å². The molecule has 5 nitrogen and oxygen atoms in total. The molecule has 2 aromatic carbocycles. The molecule has 0 aromatic heterocycles. The molecule has 0 saturated carbocycles. The number of rotatable bonds is 7. The number of nitrogens with zero attached hydrogens (tertiary/aromatic N) is 1. The first-order valence-electron chi connectivity index (χ1n) is 7.06. The van der Waals surface area contributed by atoms with Gasteiger partial charge in [0.2, 0.25) is 0 Å². The molecule has 0 atom stereocenters. The van der Waals surface area contributed by atoms with Gasteiger partial charge in [0, 0.05) is 0 Å². The first kappa shape index (κ1) is 18.2. The Kier molecular flexibility index (Phi) is 5.75. The van der Waals surface area contributed by atoms with Gasteiger partial charge in [0.05, 0.1) is 36.4 Å². The third-order valence-electron chi connectivity index (χ3n) is 3.36. The van der Waals surface area contributed by atoms with Crippen LogP contribution in [0.5, 0.6) is 11.5 Å². The summed E-state index contributed by atoms with van der Waals surface area (Å²) in [7, 11) is -0.900. The summed E-state index contributed by atoms with van der Waals surface area (Å²) in [6.45, 7) is 3.73. The van der Waals surface area contributed by atoms with Crippen molar-refractivity contribution in [1.82, 2.24) is 0 Å². The zero-order chi connectivity index (χ0) is 17.7. The first-order chi connectivity index (χ1) is 11.5. The first-order valence-corrected chi connectivity index (χ1v) is 8.87. The fraction of sp³-hybridized carbons (Fsp3) is 0.176. The monoisotopic (exact) mass is 367 g/mol. The number of ether oxygens (including phenoxy) is 2. The van der Waals surface area contributed by atoms with Crippen molar-refractivity contribution < 1.29 is 17.9 Å². The second kappa shape index (κ2) is 7.59.